The Balaban J connectivity index is 1.38. The molecule has 0 saturated carbocycles. The molecule has 0 saturated heterocycles. The van der Waals surface area contributed by atoms with Gasteiger partial charge in [-0.2, -0.15) is 0 Å². The number of benzene rings is 2. The van der Waals surface area contributed by atoms with E-state index in [-0.39, 0.29) is 17.2 Å². The molecule has 7 nitrogen and oxygen atoms in total. The molecule has 9 heteroatoms. The van der Waals surface area contributed by atoms with Gasteiger partial charge in [-0.15, -0.1) is 11.3 Å². The maximum Gasteiger partial charge on any atom is 0.267 e. The van der Waals surface area contributed by atoms with Gasteiger partial charge in [0.05, 0.1) is 22.3 Å². The molecule has 0 aliphatic heterocycles. The Bertz CT molecular complexity index is 1480. The molecule has 0 aliphatic rings. The van der Waals surface area contributed by atoms with E-state index in [4.69, 9.17) is 0 Å². The maximum absolute atomic E-state index is 13.2. The number of rotatable bonds is 6. The van der Waals surface area contributed by atoms with Crippen molar-refractivity contribution < 1.29 is 4.79 Å². The van der Waals surface area contributed by atoms with Crippen LogP contribution in [-0.4, -0.2) is 31.2 Å². The van der Waals surface area contributed by atoms with E-state index >= 15 is 0 Å². The first-order chi connectivity index (χ1) is 16.2. The van der Waals surface area contributed by atoms with Crippen LogP contribution in [0.5, 0.6) is 0 Å². The van der Waals surface area contributed by atoms with Crippen molar-refractivity contribution in [2.45, 2.75) is 5.16 Å². The Morgan fingerprint density at radius 2 is 1.76 bits per heavy atom. The summed E-state index contributed by atoms with van der Waals surface area (Å²) in [6, 6.07) is 22.2. The van der Waals surface area contributed by atoms with Gasteiger partial charge in [0, 0.05) is 17.1 Å². The number of amides is 1. The number of nitrogens with one attached hydrogen (secondary N) is 1. The van der Waals surface area contributed by atoms with Crippen LogP contribution in [0.2, 0.25) is 0 Å². The summed E-state index contributed by atoms with van der Waals surface area (Å²) in [6.45, 7) is 0. The Hall–Kier alpha value is -3.82. The van der Waals surface area contributed by atoms with Crippen molar-refractivity contribution in [1.29, 1.82) is 0 Å². The molecule has 0 spiro atoms. The molecule has 5 rings (SSSR count). The van der Waals surface area contributed by atoms with E-state index in [2.05, 4.69) is 20.3 Å². The molecule has 0 fully saturated rings. The maximum atomic E-state index is 13.2. The molecule has 5 aromatic rings. The SMILES string of the molecule is O=C(CSc1nc2ccccc2c(=O)n1-c1ccccn1)Nc1nc(-c2ccccc2)cs1. The fourth-order valence-electron chi connectivity index (χ4n) is 3.26. The Kier molecular flexibility index (Phi) is 5.97. The van der Waals surface area contributed by atoms with E-state index in [0.29, 0.717) is 27.0 Å². The zero-order valence-corrected chi connectivity index (χ0v) is 18.8. The number of carbonyl (C=O) groups excluding carboxylic acids is 1. The summed E-state index contributed by atoms with van der Waals surface area (Å²) in [5.74, 6) is 0.290. The lowest BCUT2D eigenvalue weighted by Crippen LogP contribution is -2.23. The van der Waals surface area contributed by atoms with Crippen LogP contribution in [0.25, 0.3) is 28.0 Å². The quantitative estimate of drug-likeness (QED) is 0.287. The highest BCUT2D eigenvalue weighted by atomic mass is 32.2. The predicted octanol–water partition coefficient (Wildman–Crippen LogP) is 4.64. The van der Waals surface area contributed by atoms with Crippen LogP contribution >= 0.6 is 23.1 Å². The van der Waals surface area contributed by atoms with Crippen LogP contribution in [0, 0.1) is 0 Å². The number of fused-ring (bicyclic) bond motifs is 1. The van der Waals surface area contributed by atoms with Crippen LogP contribution in [-0.2, 0) is 4.79 Å². The summed E-state index contributed by atoms with van der Waals surface area (Å²) >= 11 is 2.54. The van der Waals surface area contributed by atoms with Gasteiger partial charge in [0.15, 0.2) is 10.3 Å². The normalized spacial score (nSPS) is 10.9. The third kappa shape index (κ3) is 4.55. The molecule has 0 unspecified atom stereocenters. The average Bonchev–Trinajstić information content (AvgIpc) is 3.32. The van der Waals surface area contributed by atoms with Crippen LogP contribution in [0.3, 0.4) is 0 Å². The second-order valence-corrected chi connectivity index (χ2v) is 8.78. The summed E-state index contributed by atoms with van der Waals surface area (Å²) in [5, 5.41) is 6.15. The molecule has 3 heterocycles. The van der Waals surface area contributed by atoms with Gasteiger partial charge in [-0.3, -0.25) is 9.59 Å². The van der Waals surface area contributed by atoms with Gasteiger partial charge in [-0.1, -0.05) is 60.3 Å². The van der Waals surface area contributed by atoms with Crippen molar-refractivity contribution in [2.24, 2.45) is 0 Å². The van der Waals surface area contributed by atoms with Crippen LogP contribution in [0.15, 0.2) is 94.3 Å². The minimum absolute atomic E-state index is 0.0673. The summed E-state index contributed by atoms with van der Waals surface area (Å²) in [7, 11) is 0. The van der Waals surface area contributed by atoms with Crippen molar-refractivity contribution in [3.63, 3.8) is 0 Å². The summed E-state index contributed by atoms with van der Waals surface area (Å²) < 4.78 is 1.44. The molecular formula is C24H17N5O2S2. The first-order valence-electron chi connectivity index (χ1n) is 10.1. The molecular weight excluding hydrogens is 454 g/mol. The van der Waals surface area contributed by atoms with Gasteiger partial charge in [0.2, 0.25) is 5.91 Å². The van der Waals surface area contributed by atoms with Gasteiger partial charge >= 0.3 is 0 Å². The van der Waals surface area contributed by atoms with Crippen LogP contribution < -0.4 is 10.9 Å². The second kappa shape index (κ2) is 9.35. The Morgan fingerprint density at radius 3 is 2.58 bits per heavy atom. The highest BCUT2D eigenvalue weighted by Crippen LogP contribution is 2.25. The number of anilines is 1. The monoisotopic (exact) mass is 471 g/mol. The predicted molar refractivity (Wildman–Crippen MR) is 132 cm³/mol. The van der Waals surface area contributed by atoms with Gasteiger partial charge in [0.1, 0.15) is 5.82 Å². The molecule has 0 radical (unpaired) electrons. The summed E-state index contributed by atoms with van der Waals surface area (Å²) in [5.41, 5.74) is 2.15. The number of nitrogens with zero attached hydrogens (tertiary/aromatic N) is 4. The van der Waals surface area contributed by atoms with Gasteiger partial charge in [0.25, 0.3) is 5.56 Å². The van der Waals surface area contributed by atoms with Crippen molar-refractivity contribution in [3.8, 4) is 17.1 Å². The number of para-hydroxylation sites is 1. The zero-order valence-electron chi connectivity index (χ0n) is 17.2. The molecule has 0 aliphatic carbocycles. The lowest BCUT2D eigenvalue weighted by atomic mass is 10.2. The number of hydrogen-bond donors (Lipinski definition) is 1. The fraction of sp³-hybridized carbons (Fsp3) is 0.0417. The molecule has 1 amide bonds. The summed E-state index contributed by atoms with van der Waals surface area (Å²) in [4.78, 5) is 39.2. The van der Waals surface area contributed by atoms with Crippen LogP contribution in [0.4, 0.5) is 5.13 Å². The largest absolute Gasteiger partial charge is 0.301 e. The second-order valence-electron chi connectivity index (χ2n) is 6.98. The summed E-state index contributed by atoms with van der Waals surface area (Å²) in [6.07, 6.45) is 1.62. The number of thiazole rings is 1. The fourth-order valence-corrected chi connectivity index (χ4v) is 4.79. The van der Waals surface area contributed by atoms with E-state index in [1.165, 1.54) is 27.7 Å². The van der Waals surface area contributed by atoms with E-state index in [0.717, 1.165) is 11.3 Å². The molecule has 3 aromatic heterocycles. The minimum atomic E-state index is -0.232. The third-order valence-corrected chi connectivity index (χ3v) is 6.47. The average molecular weight is 472 g/mol. The lowest BCUT2D eigenvalue weighted by Gasteiger charge is -2.12. The van der Waals surface area contributed by atoms with Gasteiger partial charge in [-0.25, -0.2) is 19.5 Å². The number of carbonyl (C=O) groups is 1. The minimum Gasteiger partial charge on any atom is -0.301 e. The van der Waals surface area contributed by atoms with Crippen molar-refractivity contribution in [2.75, 3.05) is 11.1 Å². The third-order valence-electron chi connectivity index (χ3n) is 4.78. The molecule has 162 valence electrons. The highest BCUT2D eigenvalue weighted by Gasteiger charge is 2.16. The van der Waals surface area contributed by atoms with Gasteiger partial charge < -0.3 is 5.32 Å². The van der Waals surface area contributed by atoms with Crippen molar-refractivity contribution in [3.05, 3.63) is 94.7 Å². The van der Waals surface area contributed by atoms with E-state index in [1.54, 1.807) is 42.6 Å². The van der Waals surface area contributed by atoms with Crippen molar-refractivity contribution >= 4 is 45.0 Å². The number of hydrogen-bond acceptors (Lipinski definition) is 7. The van der Waals surface area contributed by atoms with E-state index < -0.39 is 0 Å². The highest BCUT2D eigenvalue weighted by molar-refractivity contribution is 7.99. The van der Waals surface area contributed by atoms with Crippen LogP contribution in [0.1, 0.15) is 0 Å². The lowest BCUT2D eigenvalue weighted by molar-refractivity contribution is -0.113. The zero-order chi connectivity index (χ0) is 22.6. The van der Waals surface area contributed by atoms with E-state index in [9.17, 15) is 9.59 Å². The Morgan fingerprint density at radius 1 is 0.970 bits per heavy atom. The Labute approximate surface area is 197 Å². The smallest absolute Gasteiger partial charge is 0.267 e. The molecule has 33 heavy (non-hydrogen) atoms. The van der Waals surface area contributed by atoms with Crippen molar-refractivity contribution in [1.82, 2.24) is 19.5 Å². The molecule has 1 N–H and O–H groups in total. The first-order valence-corrected chi connectivity index (χ1v) is 11.9. The van der Waals surface area contributed by atoms with Gasteiger partial charge in [-0.05, 0) is 24.3 Å². The standard InChI is InChI=1S/C24H17N5O2S2/c30-21(28-23-26-19(14-32-23)16-8-2-1-3-9-16)15-33-24-27-18-11-5-4-10-17(18)22(31)29(24)20-12-6-7-13-25-20/h1-14H,15H2,(H,26,28,30). The first kappa shape index (κ1) is 21.0. The number of aromatic nitrogens is 4. The topological polar surface area (TPSA) is 89.8 Å². The molecule has 0 atom stereocenters. The number of pyridine rings is 1. The molecule has 2 aromatic carbocycles. The number of thioether (sulfide) groups is 1. The van der Waals surface area contributed by atoms with E-state index in [1.807, 2.05) is 41.8 Å². The molecule has 0 bridgehead atoms.